The maximum absolute atomic E-state index is 12.1. The number of carbonyl (C=O) groups is 1. The Balaban J connectivity index is 1.68. The van der Waals surface area contributed by atoms with Gasteiger partial charge in [-0.3, -0.25) is 4.79 Å². The van der Waals surface area contributed by atoms with Gasteiger partial charge in [0.05, 0.1) is 0 Å². The number of hydrogen-bond donors (Lipinski definition) is 0. The van der Waals surface area contributed by atoms with E-state index < -0.39 is 0 Å². The molecule has 2 aromatic carbocycles. The van der Waals surface area contributed by atoms with E-state index in [0.717, 1.165) is 38.8 Å². The Kier molecular flexibility index (Phi) is 4.24. The van der Waals surface area contributed by atoms with E-state index >= 15 is 0 Å². The lowest BCUT2D eigenvalue weighted by Crippen LogP contribution is -2.46. The first-order chi connectivity index (χ1) is 11.8. The molecule has 4 rings (SSSR count). The Morgan fingerprint density at radius 2 is 1.33 bits per heavy atom. The highest BCUT2D eigenvalue weighted by Gasteiger charge is 2.39. The summed E-state index contributed by atoms with van der Waals surface area (Å²) in [7, 11) is 0. The molecule has 2 aromatic rings. The van der Waals surface area contributed by atoms with Crippen molar-refractivity contribution in [3.8, 4) is 0 Å². The SMILES string of the molecule is O=C1CCCC(C2N(c3ccccc3)CCN2c2ccccc2)C1. The van der Waals surface area contributed by atoms with E-state index in [-0.39, 0.29) is 6.17 Å². The fraction of sp³-hybridized carbons (Fsp3) is 0.381. The van der Waals surface area contributed by atoms with Crippen LogP contribution in [0.25, 0.3) is 0 Å². The third kappa shape index (κ3) is 2.91. The summed E-state index contributed by atoms with van der Waals surface area (Å²) >= 11 is 0. The second-order valence-electron chi connectivity index (χ2n) is 6.87. The van der Waals surface area contributed by atoms with Crippen LogP contribution >= 0.6 is 0 Å². The Morgan fingerprint density at radius 3 is 1.83 bits per heavy atom. The van der Waals surface area contributed by atoms with Crippen molar-refractivity contribution in [3.05, 3.63) is 60.7 Å². The molecule has 3 heteroatoms. The third-order valence-electron chi connectivity index (χ3n) is 5.34. The van der Waals surface area contributed by atoms with Crippen LogP contribution in [0.2, 0.25) is 0 Å². The summed E-state index contributed by atoms with van der Waals surface area (Å²) in [5, 5.41) is 0. The fourth-order valence-electron chi connectivity index (χ4n) is 4.27. The molecule has 1 aliphatic carbocycles. The molecule has 0 aromatic heterocycles. The van der Waals surface area contributed by atoms with Crippen LogP contribution in [0.4, 0.5) is 11.4 Å². The maximum atomic E-state index is 12.1. The minimum absolute atomic E-state index is 0.277. The van der Waals surface area contributed by atoms with Gasteiger partial charge in [-0.2, -0.15) is 0 Å². The Bertz CT molecular complexity index is 638. The van der Waals surface area contributed by atoms with E-state index in [0.29, 0.717) is 11.7 Å². The number of carbonyl (C=O) groups excluding carboxylic acids is 1. The van der Waals surface area contributed by atoms with Crippen molar-refractivity contribution in [2.75, 3.05) is 22.9 Å². The lowest BCUT2D eigenvalue weighted by molar-refractivity contribution is -0.121. The zero-order valence-electron chi connectivity index (χ0n) is 14.0. The molecule has 0 amide bonds. The van der Waals surface area contributed by atoms with E-state index in [9.17, 15) is 4.79 Å². The topological polar surface area (TPSA) is 23.6 Å². The normalized spacial score (nSPS) is 22.2. The summed E-state index contributed by atoms with van der Waals surface area (Å²) in [4.78, 5) is 17.1. The van der Waals surface area contributed by atoms with Crippen molar-refractivity contribution in [1.29, 1.82) is 0 Å². The highest BCUT2D eigenvalue weighted by molar-refractivity contribution is 5.79. The lowest BCUT2D eigenvalue weighted by Gasteiger charge is -2.39. The van der Waals surface area contributed by atoms with Gasteiger partial charge in [-0.25, -0.2) is 0 Å². The molecule has 1 atom stereocenters. The quantitative estimate of drug-likeness (QED) is 0.851. The zero-order chi connectivity index (χ0) is 16.4. The van der Waals surface area contributed by atoms with Crippen LogP contribution in [-0.4, -0.2) is 25.0 Å². The number of ketones is 1. The van der Waals surface area contributed by atoms with Crippen LogP contribution < -0.4 is 9.80 Å². The van der Waals surface area contributed by atoms with Crippen LogP contribution in [0, 0.1) is 5.92 Å². The number of benzene rings is 2. The van der Waals surface area contributed by atoms with Crippen LogP contribution in [0.15, 0.2) is 60.7 Å². The number of anilines is 2. The number of hydrogen-bond acceptors (Lipinski definition) is 3. The minimum Gasteiger partial charge on any atom is -0.349 e. The summed E-state index contributed by atoms with van der Waals surface area (Å²) in [5.41, 5.74) is 2.53. The highest BCUT2D eigenvalue weighted by Crippen LogP contribution is 2.37. The molecule has 124 valence electrons. The molecule has 1 heterocycles. The molecule has 1 saturated heterocycles. The van der Waals surface area contributed by atoms with Gasteiger partial charge in [0.15, 0.2) is 0 Å². The number of nitrogens with zero attached hydrogens (tertiary/aromatic N) is 2. The van der Waals surface area contributed by atoms with Crippen LogP contribution in [-0.2, 0) is 4.79 Å². The molecule has 0 spiro atoms. The van der Waals surface area contributed by atoms with Gasteiger partial charge in [-0.15, -0.1) is 0 Å². The third-order valence-corrected chi connectivity index (χ3v) is 5.34. The van der Waals surface area contributed by atoms with Gasteiger partial charge in [0.1, 0.15) is 11.9 Å². The predicted octanol–water partition coefficient (Wildman–Crippen LogP) is 4.10. The molecule has 0 N–H and O–H groups in total. The second-order valence-corrected chi connectivity index (χ2v) is 6.87. The van der Waals surface area contributed by atoms with E-state index in [4.69, 9.17) is 0 Å². The van der Waals surface area contributed by atoms with Crippen molar-refractivity contribution < 1.29 is 4.79 Å². The Morgan fingerprint density at radius 1 is 0.792 bits per heavy atom. The summed E-state index contributed by atoms with van der Waals surface area (Å²) in [6.07, 6.45) is 3.94. The van der Waals surface area contributed by atoms with Crippen molar-refractivity contribution >= 4 is 17.2 Å². The molecule has 0 radical (unpaired) electrons. The summed E-state index contributed by atoms with van der Waals surface area (Å²) in [6, 6.07) is 21.3. The van der Waals surface area contributed by atoms with E-state index in [1.807, 2.05) is 0 Å². The number of para-hydroxylation sites is 2. The summed E-state index contributed by atoms with van der Waals surface area (Å²) in [5.74, 6) is 0.841. The maximum Gasteiger partial charge on any atom is 0.133 e. The zero-order valence-corrected chi connectivity index (χ0v) is 14.0. The van der Waals surface area contributed by atoms with E-state index in [1.54, 1.807) is 0 Å². The van der Waals surface area contributed by atoms with Gasteiger partial charge in [0.2, 0.25) is 0 Å². The molecule has 1 aliphatic heterocycles. The molecule has 2 fully saturated rings. The average Bonchev–Trinajstić information content (AvgIpc) is 3.08. The van der Waals surface area contributed by atoms with Gasteiger partial charge in [-0.1, -0.05) is 36.4 Å². The van der Waals surface area contributed by atoms with Gasteiger partial charge in [0, 0.05) is 43.2 Å². The Hall–Kier alpha value is -2.29. The molecule has 0 bridgehead atoms. The molecule has 24 heavy (non-hydrogen) atoms. The second kappa shape index (κ2) is 6.68. The standard InChI is InChI=1S/C21H24N2O/c24-20-13-7-8-17(16-20)21-22(18-9-3-1-4-10-18)14-15-23(21)19-11-5-2-6-12-19/h1-6,9-12,17,21H,7-8,13-16H2. The predicted molar refractivity (Wildman–Crippen MR) is 98.3 cm³/mol. The van der Waals surface area contributed by atoms with Crippen LogP contribution in [0.1, 0.15) is 25.7 Å². The van der Waals surface area contributed by atoms with Crippen molar-refractivity contribution in [3.63, 3.8) is 0 Å². The average molecular weight is 320 g/mol. The monoisotopic (exact) mass is 320 g/mol. The molecule has 3 nitrogen and oxygen atoms in total. The fourth-order valence-corrected chi connectivity index (χ4v) is 4.27. The highest BCUT2D eigenvalue weighted by atomic mass is 16.1. The molecular weight excluding hydrogens is 296 g/mol. The molecule has 1 saturated carbocycles. The Labute approximate surface area is 143 Å². The van der Waals surface area contributed by atoms with E-state index in [1.165, 1.54) is 11.4 Å². The van der Waals surface area contributed by atoms with Crippen molar-refractivity contribution in [2.24, 2.45) is 5.92 Å². The summed E-state index contributed by atoms with van der Waals surface area (Å²) < 4.78 is 0. The molecule has 2 aliphatic rings. The molecular formula is C21H24N2O. The van der Waals surface area contributed by atoms with Crippen LogP contribution in [0.5, 0.6) is 0 Å². The molecule has 1 unspecified atom stereocenters. The van der Waals surface area contributed by atoms with Gasteiger partial charge in [-0.05, 0) is 37.1 Å². The smallest absolute Gasteiger partial charge is 0.133 e. The van der Waals surface area contributed by atoms with Gasteiger partial charge < -0.3 is 9.80 Å². The number of Topliss-reactive ketones (excluding diaryl/α,β-unsaturated/α-hetero) is 1. The lowest BCUT2D eigenvalue weighted by atomic mass is 9.85. The van der Waals surface area contributed by atoms with E-state index in [2.05, 4.69) is 70.5 Å². The van der Waals surface area contributed by atoms with Gasteiger partial charge in [0.25, 0.3) is 0 Å². The van der Waals surface area contributed by atoms with Crippen LogP contribution in [0.3, 0.4) is 0 Å². The first-order valence-electron chi connectivity index (χ1n) is 8.98. The van der Waals surface area contributed by atoms with Gasteiger partial charge >= 0.3 is 0 Å². The minimum atomic E-state index is 0.277. The van der Waals surface area contributed by atoms with Crippen molar-refractivity contribution in [2.45, 2.75) is 31.8 Å². The largest absolute Gasteiger partial charge is 0.349 e. The first-order valence-corrected chi connectivity index (χ1v) is 8.98. The number of rotatable bonds is 3. The van der Waals surface area contributed by atoms with Crippen molar-refractivity contribution in [1.82, 2.24) is 0 Å². The summed E-state index contributed by atoms with van der Waals surface area (Å²) in [6.45, 7) is 2.02. The first kappa shape index (κ1) is 15.3.